The van der Waals surface area contributed by atoms with Gasteiger partial charge in [-0.1, -0.05) is 6.07 Å². The maximum Gasteiger partial charge on any atom is 0.307 e. The van der Waals surface area contributed by atoms with Gasteiger partial charge in [-0.15, -0.1) is 23.2 Å². The molecule has 1 N–H and O–H groups in total. The van der Waals surface area contributed by atoms with Gasteiger partial charge in [-0.2, -0.15) is 0 Å². The number of esters is 1. The molecular formula is C20H31BCl2N2O3. The first-order valence-corrected chi connectivity index (χ1v) is 10.6. The Morgan fingerprint density at radius 2 is 1.93 bits per heavy atom. The summed E-state index contributed by atoms with van der Waals surface area (Å²) in [6.07, 6.45) is 1.61. The van der Waals surface area contributed by atoms with E-state index in [1.807, 2.05) is 27.7 Å². The molecule has 8 heteroatoms. The highest BCUT2D eigenvalue weighted by Crippen LogP contribution is 2.22. The lowest BCUT2D eigenvalue weighted by atomic mass is 9.91. The van der Waals surface area contributed by atoms with Crippen LogP contribution in [0.15, 0.2) is 18.2 Å². The number of carbonyl (C=O) groups excluding carboxylic acids is 2. The van der Waals surface area contributed by atoms with E-state index in [4.69, 9.17) is 27.9 Å². The zero-order chi connectivity index (χ0) is 21.2. The lowest BCUT2D eigenvalue weighted by molar-refractivity contribution is -0.155. The van der Waals surface area contributed by atoms with E-state index in [9.17, 15) is 9.59 Å². The highest BCUT2D eigenvalue weighted by molar-refractivity contribution is 6.64. The van der Waals surface area contributed by atoms with Gasteiger partial charge in [0.05, 0.1) is 12.6 Å². The number of nitrogens with zero attached hydrogens (tertiary/aromatic N) is 1. The van der Waals surface area contributed by atoms with Crippen LogP contribution in [0.4, 0.5) is 5.69 Å². The molecule has 0 fully saturated rings. The van der Waals surface area contributed by atoms with Crippen LogP contribution in [0.25, 0.3) is 0 Å². The Morgan fingerprint density at radius 1 is 1.29 bits per heavy atom. The van der Waals surface area contributed by atoms with Gasteiger partial charge in [0, 0.05) is 36.6 Å². The van der Waals surface area contributed by atoms with E-state index in [-0.39, 0.29) is 25.8 Å². The molecule has 0 spiro atoms. The molecule has 5 nitrogen and oxygen atoms in total. The average Bonchev–Trinajstić information content (AvgIpc) is 2.59. The first-order valence-electron chi connectivity index (χ1n) is 9.55. The van der Waals surface area contributed by atoms with E-state index in [1.54, 1.807) is 0 Å². The lowest BCUT2D eigenvalue weighted by Crippen LogP contribution is -2.38. The molecule has 0 aliphatic rings. The monoisotopic (exact) mass is 428 g/mol. The number of benzene rings is 1. The fourth-order valence-electron chi connectivity index (χ4n) is 2.93. The van der Waals surface area contributed by atoms with Crippen LogP contribution < -0.4 is 10.1 Å². The molecule has 0 saturated carbocycles. The van der Waals surface area contributed by atoms with Crippen LogP contribution in [0.5, 0.6) is 0 Å². The van der Waals surface area contributed by atoms with E-state index in [0.717, 1.165) is 23.0 Å². The van der Waals surface area contributed by atoms with E-state index in [0.29, 0.717) is 31.3 Å². The van der Waals surface area contributed by atoms with Crippen LogP contribution in [0.2, 0.25) is 0 Å². The molecule has 0 bridgehead atoms. The SMILES string of the molecule is Cc1ccc(N(CCCl)CCCl)cc1C[C@@H](CC(=O)OC(C)(C)C)NBC=O. The highest BCUT2D eigenvalue weighted by Gasteiger charge is 2.21. The number of ether oxygens (including phenoxy) is 1. The van der Waals surface area contributed by atoms with Crippen LogP contribution >= 0.6 is 23.2 Å². The third-order valence-electron chi connectivity index (χ3n) is 4.20. The Bertz CT molecular complexity index is 632. The third-order valence-corrected chi connectivity index (χ3v) is 4.53. The Hall–Kier alpha value is -1.24. The zero-order valence-electron chi connectivity index (χ0n) is 17.3. The summed E-state index contributed by atoms with van der Waals surface area (Å²) < 4.78 is 5.44. The fraction of sp³-hybridized carbons (Fsp3) is 0.600. The van der Waals surface area contributed by atoms with Gasteiger partial charge in [0.15, 0.2) is 0 Å². The molecule has 156 valence electrons. The number of hydrogen-bond donors (Lipinski definition) is 1. The number of hydrogen-bond acceptors (Lipinski definition) is 5. The Kier molecular flexibility index (Phi) is 10.9. The van der Waals surface area contributed by atoms with Crippen molar-refractivity contribution >= 4 is 48.5 Å². The van der Waals surface area contributed by atoms with Crippen LogP contribution in [0.3, 0.4) is 0 Å². The number of alkyl halides is 2. The number of nitrogens with one attached hydrogen (secondary N) is 1. The maximum atomic E-state index is 12.3. The number of carbonyl (C=O) groups is 2. The fourth-order valence-corrected chi connectivity index (χ4v) is 3.34. The smallest absolute Gasteiger partial charge is 0.307 e. The summed E-state index contributed by atoms with van der Waals surface area (Å²) in [6, 6.07) is 6.03. The summed E-state index contributed by atoms with van der Waals surface area (Å²) in [5, 5.41) is 3.14. The number of anilines is 1. The van der Waals surface area contributed by atoms with Gasteiger partial charge in [0.1, 0.15) is 5.60 Å². The van der Waals surface area contributed by atoms with E-state index in [2.05, 4.69) is 28.3 Å². The molecule has 28 heavy (non-hydrogen) atoms. The first kappa shape index (κ1) is 24.8. The maximum absolute atomic E-state index is 12.3. The van der Waals surface area contributed by atoms with Crippen molar-refractivity contribution in [3.8, 4) is 0 Å². The second-order valence-electron chi connectivity index (χ2n) is 7.74. The van der Waals surface area contributed by atoms with E-state index < -0.39 is 5.60 Å². The van der Waals surface area contributed by atoms with E-state index in [1.165, 1.54) is 0 Å². The second kappa shape index (κ2) is 12.4. The third kappa shape index (κ3) is 9.31. The van der Waals surface area contributed by atoms with Gasteiger partial charge in [-0.25, -0.2) is 0 Å². The van der Waals surface area contributed by atoms with Crippen LogP contribution in [-0.4, -0.2) is 56.1 Å². The molecule has 0 amide bonds. The lowest BCUT2D eigenvalue weighted by Gasteiger charge is -2.26. The summed E-state index contributed by atoms with van der Waals surface area (Å²) >= 11 is 11.9. The van der Waals surface area contributed by atoms with Crippen LogP contribution in [0.1, 0.15) is 38.3 Å². The van der Waals surface area contributed by atoms with Gasteiger partial charge in [-0.05, 0) is 57.4 Å². The van der Waals surface area contributed by atoms with Crippen molar-refractivity contribution in [2.45, 2.75) is 52.2 Å². The summed E-state index contributed by atoms with van der Waals surface area (Å²) in [7, 11) is 0.191. The largest absolute Gasteiger partial charge is 0.460 e. The quantitative estimate of drug-likeness (QED) is 0.240. The minimum atomic E-state index is -0.536. The second-order valence-corrected chi connectivity index (χ2v) is 8.50. The summed E-state index contributed by atoms with van der Waals surface area (Å²) in [5.74, 6) is 0.750. The molecule has 1 aromatic rings. The summed E-state index contributed by atoms with van der Waals surface area (Å²) in [5.41, 5.74) is 2.75. The topological polar surface area (TPSA) is 58.6 Å². The standard InChI is InChI=1S/C20H31BCl2N2O3/c1-15-5-6-18(25(9-7-22)10-8-23)12-16(15)11-17(24-21-14-26)13-19(27)28-20(2,3)4/h5-6,12,14,17,21,24H,7-11,13H2,1-4H3/t17-/m0/s1. The first-order chi connectivity index (χ1) is 13.2. The predicted molar refractivity (Wildman–Crippen MR) is 120 cm³/mol. The van der Waals surface area contributed by atoms with Gasteiger partial charge < -0.3 is 19.7 Å². The van der Waals surface area contributed by atoms with Crippen LogP contribution in [-0.2, 0) is 20.7 Å². The van der Waals surface area contributed by atoms with Crippen molar-refractivity contribution in [2.24, 2.45) is 0 Å². The Morgan fingerprint density at radius 3 is 2.46 bits per heavy atom. The van der Waals surface area contributed by atoms with E-state index >= 15 is 0 Å². The molecule has 0 aliphatic carbocycles. The molecule has 0 unspecified atom stereocenters. The van der Waals surface area contributed by atoms with Crippen molar-refractivity contribution < 1.29 is 14.3 Å². The average molecular weight is 429 g/mol. The molecular weight excluding hydrogens is 398 g/mol. The number of rotatable bonds is 12. The van der Waals surface area contributed by atoms with Gasteiger partial charge in [-0.3, -0.25) is 4.79 Å². The summed E-state index contributed by atoms with van der Waals surface area (Å²) in [6.45, 7) is 8.98. The van der Waals surface area contributed by atoms with Crippen LogP contribution in [0, 0.1) is 6.92 Å². The minimum absolute atomic E-state index is 0.191. The van der Waals surface area contributed by atoms with Crippen molar-refractivity contribution in [3.63, 3.8) is 0 Å². The normalized spacial score (nSPS) is 12.4. The molecule has 0 radical (unpaired) electrons. The number of halogens is 2. The zero-order valence-corrected chi connectivity index (χ0v) is 18.8. The number of aryl methyl sites for hydroxylation is 1. The van der Waals surface area contributed by atoms with Gasteiger partial charge in [0.25, 0.3) is 7.41 Å². The molecule has 0 heterocycles. The van der Waals surface area contributed by atoms with Crippen molar-refractivity contribution in [1.29, 1.82) is 0 Å². The minimum Gasteiger partial charge on any atom is -0.460 e. The molecule has 0 aromatic heterocycles. The van der Waals surface area contributed by atoms with Crippen molar-refractivity contribution in [1.82, 2.24) is 5.23 Å². The molecule has 0 aliphatic heterocycles. The predicted octanol–water partition coefficient (Wildman–Crippen LogP) is 3.05. The van der Waals surface area contributed by atoms with Gasteiger partial charge in [0.2, 0.25) is 0 Å². The van der Waals surface area contributed by atoms with Gasteiger partial charge >= 0.3 is 5.97 Å². The van der Waals surface area contributed by atoms with Crippen molar-refractivity contribution in [2.75, 3.05) is 29.7 Å². The van der Waals surface area contributed by atoms with Crippen molar-refractivity contribution in [3.05, 3.63) is 29.3 Å². The molecule has 1 atom stereocenters. The Labute approximate surface area is 179 Å². The highest BCUT2D eigenvalue weighted by atomic mass is 35.5. The molecule has 1 aromatic carbocycles. The summed E-state index contributed by atoms with van der Waals surface area (Å²) in [4.78, 5) is 25.2. The Balaban J connectivity index is 2.98. The molecule has 1 rings (SSSR count). The molecule has 0 saturated heterocycles.